The number of nitrogens with two attached hydrogens (primary N) is 1. The third kappa shape index (κ3) is 3.96. The summed E-state index contributed by atoms with van der Waals surface area (Å²) < 4.78 is 12.9. The Morgan fingerprint density at radius 3 is 2.32 bits per heavy atom. The maximum Gasteiger partial charge on any atom is 0.255 e. The highest BCUT2D eigenvalue weighted by Gasteiger charge is 2.28. The van der Waals surface area contributed by atoms with E-state index >= 15 is 0 Å². The fourth-order valence-corrected chi connectivity index (χ4v) is 2.98. The molecule has 0 bridgehead atoms. The van der Waals surface area contributed by atoms with E-state index in [1.807, 2.05) is 0 Å². The van der Waals surface area contributed by atoms with Crippen LogP contribution in [0.1, 0.15) is 23.2 Å². The molecule has 1 aliphatic rings. The molecule has 1 saturated heterocycles. The number of para-hydroxylation sites is 1. The topological polar surface area (TPSA) is 75.4 Å². The third-order valence-corrected chi connectivity index (χ3v) is 4.46. The Labute approximate surface area is 145 Å². The minimum atomic E-state index is -0.343. The van der Waals surface area contributed by atoms with Gasteiger partial charge in [-0.3, -0.25) is 9.59 Å². The Hall–Kier alpha value is -2.89. The van der Waals surface area contributed by atoms with Crippen molar-refractivity contribution in [1.82, 2.24) is 4.90 Å². The number of hydrogen-bond donors (Lipinski definition) is 2. The minimum absolute atomic E-state index is 0.0991. The van der Waals surface area contributed by atoms with Crippen molar-refractivity contribution in [2.45, 2.75) is 12.8 Å². The van der Waals surface area contributed by atoms with Crippen LogP contribution in [0.15, 0.2) is 48.5 Å². The van der Waals surface area contributed by atoms with Crippen molar-refractivity contribution < 1.29 is 14.0 Å². The predicted octanol–water partition coefficient (Wildman–Crippen LogP) is 2.90. The van der Waals surface area contributed by atoms with Gasteiger partial charge in [0.25, 0.3) is 5.91 Å². The minimum Gasteiger partial charge on any atom is -0.398 e. The second-order valence-electron chi connectivity index (χ2n) is 6.15. The maximum absolute atomic E-state index is 12.9. The van der Waals surface area contributed by atoms with E-state index < -0.39 is 0 Å². The van der Waals surface area contributed by atoms with Crippen LogP contribution < -0.4 is 11.1 Å². The van der Waals surface area contributed by atoms with Gasteiger partial charge in [0.2, 0.25) is 5.91 Å². The second kappa shape index (κ2) is 7.34. The molecule has 0 spiro atoms. The van der Waals surface area contributed by atoms with E-state index in [1.54, 1.807) is 29.2 Å². The van der Waals surface area contributed by atoms with Gasteiger partial charge < -0.3 is 16.0 Å². The van der Waals surface area contributed by atoms with Crippen molar-refractivity contribution in [3.05, 3.63) is 59.9 Å². The first kappa shape index (κ1) is 17.0. The molecule has 0 unspecified atom stereocenters. The Morgan fingerprint density at radius 1 is 1.04 bits per heavy atom. The number of hydrogen-bond acceptors (Lipinski definition) is 3. The van der Waals surface area contributed by atoms with Crippen molar-refractivity contribution in [3.8, 4) is 0 Å². The normalized spacial score (nSPS) is 15.0. The average Bonchev–Trinajstić information content (AvgIpc) is 2.63. The number of anilines is 2. The predicted molar refractivity (Wildman–Crippen MR) is 94.5 cm³/mol. The Bertz CT molecular complexity index is 768. The average molecular weight is 341 g/mol. The van der Waals surface area contributed by atoms with Crippen LogP contribution >= 0.6 is 0 Å². The number of nitrogens with zero attached hydrogens (tertiary/aromatic N) is 1. The van der Waals surface area contributed by atoms with Gasteiger partial charge in [-0.15, -0.1) is 0 Å². The lowest BCUT2D eigenvalue weighted by atomic mass is 9.95. The summed E-state index contributed by atoms with van der Waals surface area (Å²) in [5, 5.41) is 2.79. The molecular formula is C19H20FN3O2. The number of carbonyl (C=O) groups excluding carboxylic acids is 2. The van der Waals surface area contributed by atoms with Gasteiger partial charge in [-0.2, -0.15) is 0 Å². The zero-order chi connectivity index (χ0) is 17.8. The van der Waals surface area contributed by atoms with Crippen LogP contribution in [-0.2, 0) is 4.79 Å². The van der Waals surface area contributed by atoms with Crippen molar-refractivity contribution in [1.29, 1.82) is 0 Å². The van der Waals surface area contributed by atoms with Gasteiger partial charge in [0.1, 0.15) is 5.82 Å². The number of nitrogens with one attached hydrogen (secondary N) is 1. The monoisotopic (exact) mass is 341 g/mol. The van der Waals surface area contributed by atoms with E-state index in [2.05, 4.69) is 5.32 Å². The molecule has 5 nitrogen and oxygen atoms in total. The van der Waals surface area contributed by atoms with Gasteiger partial charge >= 0.3 is 0 Å². The van der Waals surface area contributed by atoms with Crippen LogP contribution in [0.2, 0.25) is 0 Å². The molecule has 0 aromatic heterocycles. The quantitative estimate of drug-likeness (QED) is 0.843. The molecule has 130 valence electrons. The van der Waals surface area contributed by atoms with Gasteiger partial charge in [0.05, 0.1) is 5.56 Å². The number of nitrogen functional groups attached to an aromatic ring is 1. The standard InChI is InChI=1S/C19H20FN3O2/c20-14-5-7-15(8-6-14)22-18(24)13-9-11-23(12-10-13)19(25)16-3-1-2-4-17(16)21/h1-8,13H,9-12,21H2,(H,22,24). The molecule has 0 atom stereocenters. The fourth-order valence-electron chi connectivity index (χ4n) is 2.98. The first-order valence-electron chi connectivity index (χ1n) is 8.25. The van der Waals surface area contributed by atoms with Gasteiger partial charge in [-0.25, -0.2) is 4.39 Å². The summed E-state index contributed by atoms with van der Waals surface area (Å²) in [4.78, 5) is 26.6. The molecular weight excluding hydrogens is 321 g/mol. The molecule has 0 aliphatic carbocycles. The van der Waals surface area contributed by atoms with Gasteiger partial charge in [0.15, 0.2) is 0 Å². The summed E-state index contributed by atoms with van der Waals surface area (Å²) >= 11 is 0. The molecule has 25 heavy (non-hydrogen) atoms. The second-order valence-corrected chi connectivity index (χ2v) is 6.15. The number of halogens is 1. The zero-order valence-electron chi connectivity index (χ0n) is 13.7. The Morgan fingerprint density at radius 2 is 1.68 bits per heavy atom. The van der Waals surface area contributed by atoms with Gasteiger partial charge in [-0.1, -0.05) is 12.1 Å². The largest absolute Gasteiger partial charge is 0.398 e. The van der Waals surface area contributed by atoms with E-state index in [0.29, 0.717) is 42.9 Å². The maximum atomic E-state index is 12.9. The van der Waals surface area contributed by atoms with Crippen molar-refractivity contribution in [2.75, 3.05) is 24.1 Å². The molecule has 0 saturated carbocycles. The van der Waals surface area contributed by atoms with E-state index in [1.165, 1.54) is 24.3 Å². The van der Waals surface area contributed by atoms with E-state index in [9.17, 15) is 14.0 Å². The molecule has 3 rings (SSSR count). The molecule has 2 amide bonds. The number of carbonyl (C=O) groups is 2. The lowest BCUT2D eigenvalue weighted by Crippen LogP contribution is -2.41. The molecule has 2 aromatic rings. The van der Waals surface area contributed by atoms with Crippen LogP contribution in [0.4, 0.5) is 15.8 Å². The SMILES string of the molecule is Nc1ccccc1C(=O)N1CCC(C(=O)Nc2ccc(F)cc2)CC1. The van der Waals surface area contributed by atoms with Crippen molar-refractivity contribution in [3.63, 3.8) is 0 Å². The highest BCUT2D eigenvalue weighted by Crippen LogP contribution is 2.22. The highest BCUT2D eigenvalue weighted by molar-refractivity contribution is 5.99. The number of benzene rings is 2. The molecule has 3 N–H and O–H groups in total. The number of piperidine rings is 1. The number of rotatable bonds is 3. The Kier molecular flexibility index (Phi) is 4.97. The van der Waals surface area contributed by atoms with Crippen LogP contribution in [0, 0.1) is 11.7 Å². The smallest absolute Gasteiger partial charge is 0.255 e. The van der Waals surface area contributed by atoms with Crippen molar-refractivity contribution in [2.24, 2.45) is 5.92 Å². The number of likely N-dealkylation sites (tertiary alicyclic amines) is 1. The third-order valence-electron chi connectivity index (χ3n) is 4.46. The highest BCUT2D eigenvalue weighted by atomic mass is 19.1. The summed E-state index contributed by atoms with van der Waals surface area (Å²) in [6.07, 6.45) is 1.18. The fraction of sp³-hybridized carbons (Fsp3) is 0.263. The van der Waals surface area contributed by atoms with E-state index in [-0.39, 0.29) is 23.5 Å². The summed E-state index contributed by atoms with van der Waals surface area (Å²) in [5.41, 5.74) is 7.39. The first-order chi connectivity index (χ1) is 12.0. The van der Waals surface area contributed by atoms with Crippen LogP contribution in [-0.4, -0.2) is 29.8 Å². The first-order valence-corrected chi connectivity index (χ1v) is 8.25. The molecule has 6 heteroatoms. The Balaban J connectivity index is 1.56. The van der Waals surface area contributed by atoms with Crippen LogP contribution in [0.3, 0.4) is 0 Å². The van der Waals surface area contributed by atoms with Gasteiger partial charge in [0, 0.05) is 30.4 Å². The summed E-state index contributed by atoms with van der Waals surface area (Å²) in [7, 11) is 0. The van der Waals surface area contributed by atoms with Gasteiger partial charge in [-0.05, 0) is 49.2 Å². The molecule has 2 aromatic carbocycles. The number of amides is 2. The van der Waals surface area contributed by atoms with E-state index in [4.69, 9.17) is 5.73 Å². The van der Waals surface area contributed by atoms with Crippen molar-refractivity contribution >= 4 is 23.2 Å². The zero-order valence-corrected chi connectivity index (χ0v) is 13.7. The lowest BCUT2D eigenvalue weighted by Gasteiger charge is -2.31. The van der Waals surface area contributed by atoms with Crippen LogP contribution in [0.25, 0.3) is 0 Å². The summed E-state index contributed by atoms with van der Waals surface area (Å²) in [6, 6.07) is 12.7. The molecule has 1 fully saturated rings. The van der Waals surface area contributed by atoms with Crippen LogP contribution in [0.5, 0.6) is 0 Å². The lowest BCUT2D eigenvalue weighted by molar-refractivity contribution is -0.121. The molecule has 1 heterocycles. The summed E-state index contributed by atoms with van der Waals surface area (Å²) in [5.74, 6) is -0.708. The molecule has 0 radical (unpaired) electrons. The van der Waals surface area contributed by atoms with E-state index in [0.717, 1.165) is 0 Å². The molecule has 1 aliphatic heterocycles. The summed E-state index contributed by atoms with van der Waals surface area (Å²) in [6.45, 7) is 1.02.